The zero-order valence-electron chi connectivity index (χ0n) is 13.5. The Morgan fingerprint density at radius 3 is 2.15 bits per heavy atom. The Kier molecular flexibility index (Phi) is 5.60. The third-order valence-corrected chi connectivity index (χ3v) is 3.91. The fraction of sp³-hybridized carbons (Fsp3) is 0. The lowest BCUT2D eigenvalue weighted by Gasteiger charge is -2.09. The lowest BCUT2D eigenvalue weighted by atomic mass is 10.2. The zero-order valence-corrected chi connectivity index (χ0v) is 15.1. The van der Waals surface area contributed by atoms with Crippen molar-refractivity contribution in [3.05, 3.63) is 88.7 Å². The Balaban J connectivity index is 1.62. The first-order valence-electron chi connectivity index (χ1n) is 7.66. The molecule has 0 fully saturated rings. The Morgan fingerprint density at radius 1 is 0.808 bits per heavy atom. The van der Waals surface area contributed by atoms with Gasteiger partial charge in [-0.25, -0.2) is 0 Å². The minimum absolute atomic E-state index is 0.354. The summed E-state index contributed by atoms with van der Waals surface area (Å²) < 4.78 is 6.53. The van der Waals surface area contributed by atoms with Crippen molar-refractivity contribution in [2.24, 2.45) is 0 Å². The summed E-state index contributed by atoms with van der Waals surface area (Å²) in [5, 5.41) is 0. The largest absolute Gasteiger partial charge is 0.457 e. The van der Waals surface area contributed by atoms with E-state index in [0.29, 0.717) is 22.6 Å². The summed E-state index contributed by atoms with van der Waals surface area (Å²) in [6.45, 7) is 0. The number of hydrazine groups is 1. The van der Waals surface area contributed by atoms with Gasteiger partial charge in [0, 0.05) is 28.0 Å². The summed E-state index contributed by atoms with van der Waals surface area (Å²) in [5.41, 5.74) is 5.56. The van der Waals surface area contributed by atoms with Crippen LogP contribution in [0.1, 0.15) is 20.7 Å². The normalized spacial score (nSPS) is 10.0. The molecule has 130 valence electrons. The number of nitrogens with zero attached hydrogens (tertiary/aromatic N) is 1. The molecular weight excluding hydrogens is 398 g/mol. The predicted octanol–water partition coefficient (Wildman–Crippen LogP) is 3.71. The van der Waals surface area contributed by atoms with Crippen LogP contribution in [0.25, 0.3) is 0 Å². The van der Waals surface area contributed by atoms with E-state index < -0.39 is 11.8 Å². The first-order valence-corrected chi connectivity index (χ1v) is 8.45. The molecule has 0 bridgehead atoms. The summed E-state index contributed by atoms with van der Waals surface area (Å²) in [6.07, 6.45) is 3.23. The van der Waals surface area contributed by atoms with Crippen molar-refractivity contribution >= 4 is 27.7 Å². The molecule has 0 saturated carbocycles. The number of benzene rings is 2. The zero-order chi connectivity index (χ0) is 18.4. The summed E-state index contributed by atoms with van der Waals surface area (Å²) in [7, 11) is 0. The van der Waals surface area contributed by atoms with Gasteiger partial charge in [0.2, 0.25) is 0 Å². The van der Waals surface area contributed by atoms with Crippen molar-refractivity contribution in [2.75, 3.05) is 0 Å². The maximum Gasteiger partial charge on any atom is 0.269 e. The molecule has 3 aromatic rings. The van der Waals surface area contributed by atoms with Crippen LogP contribution in [0.15, 0.2) is 77.5 Å². The molecule has 0 atom stereocenters. The third-order valence-electron chi connectivity index (χ3n) is 3.38. The number of ether oxygens (including phenoxy) is 1. The first kappa shape index (κ1) is 17.6. The maximum atomic E-state index is 12.2. The van der Waals surface area contributed by atoms with Gasteiger partial charge < -0.3 is 4.74 Å². The predicted molar refractivity (Wildman–Crippen MR) is 99.8 cm³/mol. The van der Waals surface area contributed by atoms with Crippen LogP contribution in [0.4, 0.5) is 0 Å². The number of pyridine rings is 1. The Morgan fingerprint density at radius 2 is 1.46 bits per heavy atom. The van der Waals surface area contributed by atoms with Crippen molar-refractivity contribution in [3.63, 3.8) is 0 Å². The van der Waals surface area contributed by atoms with Crippen LogP contribution in [0.3, 0.4) is 0 Å². The van der Waals surface area contributed by atoms with E-state index in [0.717, 1.165) is 4.47 Å². The van der Waals surface area contributed by atoms with E-state index in [-0.39, 0.29) is 0 Å². The number of halogens is 1. The number of amides is 2. The lowest BCUT2D eigenvalue weighted by Crippen LogP contribution is -2.41. The molecule has 1 aromatic heterocycles. The maximum absolute atomic E-state index is 12.2. The molecule has 0 radical (unpaired) electrons. The third kappa shape index (κ3) is 4.67. The summed E-state index contributed by atoms with van der Waals surface area (Å²) >= 11 is 3.30. The fourth-order valence-corrected chi connectivity index (χ4v) is 2.37. The topological polar surface area (TPSA) is 80.3 Å². The van der Waals surface area contributed by atoms with Crippen LogP contribution < -0.4 is 15.6 Å². The second-order valence-electron chi connectivity index (χ2n) is 5.23. The van der Waals surface area contributed by atoms with Gasteiger partial charge in [0.25, 0.3) is 11.8 Å². The van der Waals surface area contributed by atoms with Crippen molar-refractivity contribution in [1.29, 1.82) is 0 Å². The van der Waals surface area contributed by atoms with Gasteiger partial charge in [-0.2, -0.15) is 0 Å². The van der Waals surface area contributed by atoms with Crippen LogP contribution in [0, 0.1) is 0 Å². The SMILES string of the molecule is O=C(NNC(=O)c1cccc(Oc2ccncc2)c1)c1ccc(Br)cc1. The molecule has 0 saturated heterocycles. The van der Waals surface area contributed by atoms with Crippen molar-refractivity contribution < 1.29 is 14.3 Å². The molecule has 0 unspecified atom stereocenters. The summed E-state index contributed by atoms with van der Waals surface area (Å²) in [5.74, 6) is 0.259. The minimum atomic E-state index is -0.448. The molecule has 0 spiro atoms. The highest BCUT2D eigenvalue weighted by atomic mass is 79.9. The van der Waals surface area contributed by atoms with E-state index in [2.05, 4.69) is 31.8 Å². The van der Waals surface area contributed by atoms with Gasteiger partial charge in [0.05, 0.1) is 0 Å². The summed E-state index contributed by atoms with van der Waals surface area (Å²) in [6, 6.07) is 16.9. The van der Waals surface area contributed by atoms with Gasteiger partial charge in [-0.1, -0.05) is 22.0 Å². The quantitative estimate of drug-likeness (QED) is 0.641. The summed E-state index contributed by atoms with van der Waals surface area (Å²) in [4.78, 5) is 28.2. The minimum Gasteiger partial charge on any atom is -0.457 e. The average molecular weight is 412 g/mol. The van der Waals surface area contributed by atoms with Gasteiger partial charge in [-0.15, -0.1) is 0 Å². The molecule has 2 amide bonds. The second-order valence-corrected chi connectivity index (χ2v) is 6.14. The van der Waals surface area contributed by atoms with E-state index in [1.54, 1.807) is 73.1 Å². The van der Waals surface area contributed by atoms with E-state index in [1.807, 2.05) is 0 Å². The highest BCUT2D eigenvalue weighted by Gasteiger charge is 2.10. The molecule has 6 nitrogen and oxygen atoms in total. The van der Waals surface area contributed by atoms with Crippen molar-refractivity contribution in [2.45, 2.75) is 0 Å². The first-order chi connectivity index (χ1) is 12.6. The van der Waals surface area contributed by atoms with Gasteiger partial charge >= 0.3 is 0 Å². The molecule has 2 N–H and O–H groups in total. The van der Waals surface area contributed by atoms with Crippen LogP contribution in [-0.4, -0.2) is 16.8 Å². The highest BCUT2D eigenvalue weighted by molar-refractivity contribution is 9.10. The lowest BCUT2D eigenvalue weighted by molar-refractivity contribution is 0.0846. The van der Waals surface area contributed by atoms with Crippen LogP contribution in [-0.2, 0) is 0 Å². The Hall–Kier alpha value is -3.19. The van der Waals surface area contributed by atoms with E-state index in [1.165, 1.54) is 0 Å². The van der Waals surface area contributed by atoms with E-state index in [4.69, 9.17) is 4.74 Å². The molecule has 0 aliphatic carbocycles. The van der Waals surface area contributed by atoms with E-state index >= 15 is 0 Å². The molecule has 0 aliphatic heterocycles. The van der Waals surface area contributed by atoms with Gasteiger partial charge in [0.1, 0.15) is 11.5 Å². The Labute approximate surface area is 158 Å². The smallest absolute Gasteiger partial charge is 0.269 e. The molecule has 1 heterocycles. The van der Waals surface area contributed by atoms with E-state index in [9.17, 15) is 9.59 Å². The van der Waals surface area contributed by atoms with Crippen LogP contribution in [0.2, 0.25) is 0 Å². The highest BCUT2D eigenvalue weighted by Crippen LogP contribution is 2.21. The van der Waals surface area contributed by atoms with Crippen molar-refractivity contribution in [1.82, 2.24) is 15.8 Å². The van der Waals surface area contributed by atoms with Crippen molar-refractivity contribution in [3.8, 4) is 11.5 Å². The number of hydrogen-bond acceptors (Lipinski definition) is 4. The van der Waals surface area contributed by atoms with Crippen LogP contribution in [0.5, 0.6) is 11.5 Å². The van der Waals surface area contributed by atoms with Gasteiger partial charge in [-0.3, -0.25) is 25.4 Å². The number of nitrogens with one attached hydrogen (secondary N) is 2. The standard InChI is InChI=1S/C19H14BrN3O3/c20-15-6-4-13(5-7-15)18(24)22-23-19(25)14-2-1-3-17(12-14)26-16-8-10-21-11-9-16/h1-12H,(H,22,24)(H,23,25). The number of aromatic nitrogens is 1. The Bertz CT molecular complexity index is 915. The number of carbonyl (C=O) groups is 2. The van der Waals surface area contributed by atoms with Gasteiger partial charge in [0.15, 0.2) is 0 Å². The fourth-order valence-electron chi connectivity index (χ4n) is 2.10. The molecule has 26 heavy (non-hydrogen) atoms. The number of rotatable bonds is 4. The second kappa shape index (κ2) is 8.26. The number of hydrogen-bond donors (Lipinski definition) is 2. The van der Waals surface area contributed by atoms with Crippen LogP contribution >= 0.6 is 15.9 Å². The molecule has 0 aliphatic rings. The molecule has 7 heteroatoms. The average Bonchev–Trinajstić information content (AvgIpc) is 2.67. The monoisotopic (exact) mass is 411 g/mol. The molecule has 2 aromatic carbocycles. The van der Waals surface area contributed by atoms with Gasteiger partial charge in [-0.05, 0) is 54.6 Å². The molecule has 3 rings (SSSR count). The molecular formula is C19H14BrN3O3. The number of carbonyl (C=O) groups excluding carboxylic acids is 2.